The zero-order valence-corrected chi connectivity index (χ0v) is 15.7. The molecule has 1 N–H and O–H groups in total. The Morgan fingerprint density at radius 1 is 1.25 bits per heavy atom. The van der Waals surface area contributed by atoms with Crippen molar-refractivity contribution in [1.29, 1.82) is 0 Å². The molecule has 0 aromatic heterocycles. The molecular weight excluding hydrogens is 302 g/mol. The molecule has 2 aliphatic carbocycles. The Morgan fingerprint density at radius 2 is 1.92 bits per heavy atom. The minimum atomic E-state index is -0.480. The molecule has 1 amide bonds. The monoisotopic (exact) mass is 333 g/mol. The summed E-state index contributed by atoms with van der Waals surface area (Å²) < 4.78 is 5.34. The largest absolute Gasteiger partial charge is 0.444 e. The highest BCUT2D eigenvalue weighted by Gasteiger charge is 2.34. The number of amides is 1. The lowest BCUT2D eigenvalue weighted by Crippen LogP contribution is -2.38. The van der Waals surface area contributed by atoms with E-state index >= 15 is 0 Å². The number of Topliss-reactive ketones (excluding diaryl/α,β-unsaturated/α-hetero) is 1. The normalized spacial score (nSPS) is 28.0. The molecule has 0 spiro atoms. The van der Waals surface area contributed by atoms with Crippen molar-refractivity contribution in [1.82, 2.24) is 5.32 Å². The third kappa shape index (κ3) is 4.71. The summed E-state index contributed by atoms with van der Waals surface area (Å²) >= 11 is 0. The zero-order chi connectivity index (χ0) is 18.1. The van der Waals surface area contributed by atoms with Crippen LogP contribution in [0.25, 0.3) is 0 Å². The molecule has 0 aliphatic heterocycles. The maximum absolute atomic E-state index is 12.3. The maximum Gasteiger partial charge on any atom is 0.407 e. The van der Waals surface area contributed by atoms with Crippen molar-refractivity contribution in [2.75, 3.05) is 0 Å². The van der Waals surface area contributed by atoms with Gasteiger partial charge in [0.25, 0.3) is 0 Å². The van der Waals surface area contributed by atoms with Crippen LogP contribution in [-0.2, 0) is 9.53 Å². The number of carbonyl (C=O) groups is 2. The Bertz CT molecular complexity index is 568. The fourth-order valence-electron chi connectivity index (χ4n) is 3.77. The second kappa shape index (κ2) is 7.12. The van der Waals surface area contributed by atoms with Gasteiger partial charge in [-0.2, -0.15) is 0 Å². The summed E-state index contributed by atoms with van der Waals surface area (Å²) in [7, 11) is 0. The molecule has 2 rings (SSSR count). The second-order valence-corrected chi connectivity index (χ2v) is 8.38. The molecule has 0 aromatic rings. The number of rotatable bonds is 3. The Hall–Kier alpha value is -1.58. The van der Waals surface area contributed by atoms with Gasteiger partial charge in [0.05, 0.1) is 0 Å². The molecule has 1 fully saturated rings. The molecular formula is C20H31NO3. The smallest absolute Gasteiger partial charge is 0.407 e. The van der Waals surface area contributed by atoms with E-state index in [-0.39, 0.29) is 23.8 Å². The van der Waals surface area contributed by atoms with Gasteiger partial charge in [-0.25, -0.2) is 4.79 Å². The lowest BCUT2D eigenvalue weighted by molar-refractivity contribution is -0.116. The van der Waals surface area contributed by atoms with E-state index in [2.05, 4.69) is 11.9 Å². The number of alkyl carbamates (subject to hydrolysis) is 1. The molecule has 0 radical (unpaired) electrons. The van der Waals surface area contributed by atoms with Crippen molar-refractivity contribution in [3.05, 3.63) is 23.3 Å². The topological polar surface area (TPSA) is 55.4 Å². The molecule has 3 unspecified atom stereocenters. The van der Waals surface area contributed by atoms with Crippen LogP contribution in [0.2, 0.25) is 0 Å². The third-order valence-electron chi connectivity index (χ3n) is 5.14. The Morgan fingerprint density at radius 3 is 2.50 bits per heavy atom. The van der Waals surface area contributed by atoms with Crippen molar-refractivity contribution in [2.45, 2.75) is 78.4 Å². The highest BCUT2D eigenvalue weighted by atomic mass is 16.6. The Kier molecular flexibility index (Phi) is 5.56. The molecule has 3 atom stereocenters. The molecule has 4 nitrogen and oxygen atoms in total. The predicted octanol–water partition coefficient (Wildman–Crippen LogP) is 4.55. The molecule has 2 aliphatic rings. The fourth-order valence-corrected chi connectivity index (χ4v) is 3.77. The van der Waals surface area contributed by atoms with Crippen LogP contribution >= 0.6 is 0 Å². The molecule has 0 saturated heterocycles. The maximum atomic E-state index is 12.3. The van der Waals surface area contributed by atoms with Gasteiger partial charge in [0.15, 0.2) is 5.78 Å². The van der Waals surface area contributed by atoms with Crippen LogP contribution in [0.15, 0.2) is 23.3 Å². The summed E-state index contributed by atoms with van der Waals surface area (Å²) in [6.45, 7) is 13.6. The van der Waals surface area contributed by atoms with E-state index in [0.29, 0.717) is 12.3 Å². The Labute approximate surface area is 145 Å². The van der Waals surface area contributed by atoms with Crippen LogP contribution in [-0.4, -0.2) is 23.5 Å². The van der Waals surface area contributed by atoms with Gasteiger partial charge in [0.1, 0.15) is 5.60 Å². The summed E-state index contributed by atoms with van der Waals surface area (Å²) in [5.41, 5.74) is 2.84. The first kappa shape index (κ1) is 18.8. The van der Waals surface area contributed by atoms with Crippen molar-refractivity contribution in [2.24, 2.45) is 11.8 Å². The van der Waals surface area contributed by atoms with Gasteiger partial charge in [0, 0.05) is 12.5 Å². The molecule has 4 heteroatoms. The number of allylic oxidation sites excluding steroid dienone is 3. The van der Waals surface area contributed by atoms with E-state index in [1.54, 1.807) is 0 Å². The molecule has 1 saturated carbocycles. The molecule has 0 bridgehead atoms. The van der Waals surface area contributed by atoms with Gasteiger partial charge in [-0.05, 0) is 77.7 Å². The van der Waals surface area contributed by atoms with Gasteiger partial charge in [0.2, 0.25) is 0 Å². The molecule has 24 heavy (non-hydrogen) atoms. The zero-order valence-electron chi connectivity index (χ0n) is 15.7. The van der Waals surface area contributed by atoms with Crippen LogP contribution < -0.4 is 5.32 Å². The number of ketones is 1. The van der Waals surface area contributed by atoms with E-state index in [9.17, 15) is 9.59 Å². The van der Waals surface area contributed by atoms with E-state index in [0.717, 1.165) is 36.8 Å². The summed E-state index contributed by atoms with van der Waals surface area (Å²) in [5, 5.41) is 2.98. The Balaban J connectivity index is 1.99. The van der Waals surface area contributed by atoms with Crippen molar-refractivity contribution < 1.29 is 14.3 Å². The summed E-state index contributed by atoms with van der Waals surface area (Å²) in [4.78, 5) is 24.2. The molecule has 0 aromatic carbocycles. The van der Waals surface area contributed by atoms with Crippen molar-refractivity contribution in [3.8, 4) is 0 Å². The fraction of sp³-hybridized carbons (Fsp3) is 0.700. The van der Waals surface area contributed by atoms with Gasteiger partial charge in [-0.3, -0.25) is 4.79 Å². The van der Waals surface area contributed by atoms with Crippen LogP contribution in [0.5, 0.6) is 0 Å². The average Bonchev–Trinajstić information content (AvgIpc) is 2.87. The van der Waals surface area contributed by atoms with E-state index in [1.807, 2.05) is 34.6 Å². The van der Waals surface area contributed by atoms with Crippen LogP contribution in [0, 0.1) is 11.8 Å². The van der Waals surface area contributed by atoms with Gasteiger partial charge in [-0.15, -0.1) is 0 Å². The van der Waals surface area contributed by atoms with E-state index in [4.69, 9.17) is 4.74 Å². The van der Waals surface area contributed by atoms with Crippen molar-refractivity contribution in [3.63, 3.8) is 0 Å². The third-order valence-corrected chi connectivity index (χ3v) is 5.14. The van der Waals surface area contributed by atoms with Gasteiger partial charge >= 0.3 is 6.09 Å². The van der Waals surface area contributed by atoms with Crippen LogP contribution in [0.4, 0.5) is 4.79 Å². The second-order valence-electron chi connectivity index (χ2n) is 8.38. The number of hydrogen-bond donors (Lipinski definition) is 1. The first-order chi connectivity index (χ1) is 11.1. The van der Waals surface area contributed by atoms with Gasteiger partial charge < -0.3 is 10.1 Å². The van der Waals surface area contributed by atoms with E-state index in [1.165, 1.54) is 5.57 Å². The number of ether oxygens (including phenoxy) is 1. The highest BCUT2D eigenvalue weighted by molar-refractivity contribution is 5.96. The lowest BCUT2D eigenvalue weighted by Gasteiger charge is -2.29. The van der Waals surface area contributed by atoms with Crippen LogP contribution in [0.3, 0.4) is 0 Å². The lowest BCUT2D eigenvalue weighted by atomic mass is 9.75. The van der Waals surface area contributed by atoms with Crippen molar-refractivity contribution >= 4 is 11.9 Å². The predicted molar refractivity (Wildman–Crippen MR) is 95.7 cm³/mol. The summed E-state index contributed by atoms with van der Waals surface area (Å²) in [5.74, 6) is 0.915. The summed E-state index contributed by atoms with van der Waals surface area (Å²) in [6.07, 6.45) is 4.03. The average molecular weight is 333 g/mol. The molecule has 0 heterocycles. The number of hydrogen-bond acceptors (Lipinski definition) is 3. The standard InChI is InChI=1S/C20H31NO3/c1-12(2)15-10-17(13(3)18(22)11-15)14-7-8-16(9-14)21-19(23)24-20(4,5)6/h14-16H,1,7-11H2,2-6H3,(H,21,23). The first-order valence-electron chi connectivity index (χ1n) is 8.94. The highest BCUT2D eigenvalue weighted by Crippen LogP contribution is 2.41. The summed E-state index contributed by atoms with van der Waals surface area (Å²) in [6, 6.07) is 0.130. The minimum absolute atomic E-state index is 0.130. The van der Waals surface area contributed by atoms with Gasteiger partial charge in [-0.1, -0.05) is 17.7 Å². The molecule has 134 valence electrons. The SMILES string of the molecule is C=C(C)C1CC(=O)C(C)=C(C2CCC(NC(=O)OC(C)(C)C)C2)C1. The minimum Gasteiger partial charge on any atom is -0.444 e. The van der Waals surface area contributed by atoms with Crippen LogP contribution in [0.1, 0.15) is 66.7 Å². The number of carbonyl (C=O) groups excluding carboxylic acids is 2. The quantitative estimate of drug-likeness (QED) is 0.771. The van der Waals surface area contributed by atoms with E-state index < -0.39 is 5.60 Å². The number of nitrogens with one attached hydrogen (secondary N) is 1. The first-order valence-corrected chi connectivity index (χ1v) is 8.94.